The molecule has 100 valence electrons. The highest BCUT2D eigenvalue weighted by molar-refractivity contribution is 5.75. The molecule has 1 N–H and O–H groups in total. The molecule has 4 heteroatoms. The zero-order chi connectivity index (χ0) is 13.1. The van der Waals surface area contributed by atoms with E-state index in [-0.39, 0.29) is 18.1 Å². The fourth-order valence-electron chi connectivity index (χ4n) is 2.47. The number of nitrogens with zero attached hydrogens (tertiary/aromatic N) is 1. The third-order valence-electron chi connectivity index (χ3n) is 3.40. The molecule has 0 saturated carbocycles. The molecule has 4 nitrogen and oxygen atoms in total. The minimum atomic E-state index is -0.768. The quantitative estimate of drug-likeness (QED) is 0.745. The monoisotopic (exact) mass is 243 g/mol. The zero-order valence-electron chi connectivity index (χ0n) is 11.4. The Morgan fingerprint density at radius 1 is 1.59 bits per heavy atom. The van der Waals surface area contributed by atoms with Gasteiger partial charge in [-0.15, -0.1) is 0 Å². The number of aliphatic hydroxyl groups is 1. The maximum Gasteiger partial charge on any atom is 0.323 e. The average molecular weight is 243 g/mol. The van der Waals surface area contributed by atoms with Crippen LogP contribution in [0.3, 0.4) is 0 Å². The first-order chi connectivity index (χ1) is 7.88. The van der Waals surface area contributed by atoms with E-state index in [4.69, 9.17) is 4.74 Å². The lowest BCUT2D eigenvalue weighted by molar-refractivity contribution is -0.151. The molecule has 0 amide bonds. The normalized spacial score (nSPS) is 23.7. The van der Waals surface area contributed by atoms with Gasteiger partial charge in [-0.1, -0.05) is 6.92 Å². The lowest BCUT2D eigenvalue weighted by Crippen LogP contribution is -2.51. The number of hydrogen-bond acceptors (Lipinski definition) is 4. The predicted octanol–water partition coefficient (Wildman–Crippen LogP) is 1.56. The standard InChI is InChI=1S/C13H25NO3/c1-5-9-17-12(15)10(2)14-8-6-7-11(14)13(3,4)16/h10-11,16H,5-9H2,1-4H3. The molecular formula is C13H25NO3. The molecule has 0 spiro atoms. The van der Waals surface area contributed by atoms with Gasteiger partial charge in [0.05, 0.1) is 12.2 Å². The number of esters is 1. The fraction of sp³-hybridized carbons (Fsp3) is 0.923. The van der Waals surface area contributed by atoms with Crippen LogP contribution in [0.15, 0.2) is 0 Å². The summed E-state index contributed by atoms with van der Waals surface area (Å²) >= 11 is 0. The van der Waals surface area contributed by atoms with Gasteiger partial charge in [0.1, 0.15) is 6.04 Å². The van der Waals surface area contributed by atoms with Gasteiger partial charge in [-0.3, -0.25) is 9.69 Å². The van der Waals surface area contributed by atoms with Gasteiger partial charge in [-0.2, -0.15) is 0 Å². The maximum absolute atomic E-state index is 11.8. The molecule has 2 unspecified atom stereocenters. The number of ether oxygens (including phenoxy) is 1. The first-order valence-electron chi connectivity index (χ1n) is 6.52. The van der Waals surface area contributed by atoms with Crippen LogP contribution in [0.25, 0.3) is 0 Å². The average Bonchev–Trinajstić information content (AvgIpc) is 2.73. The van der Waals surface area contributed by atoms with Crippen molar-refractivity contribution >= 4 is 5.97 Å². The summed E-state index contributed by atoms with van der Waals surface area (Å²) < 4.78 is 5.16. The third-order valence-corrected chi connectivity index (χ3v) is 3.40. The lowest BCUT2D eigenvalue weighted by atomic mass is 9.96. The Hall–Kier alpha value is -0.610. The summed E-state index contributed by atoms with van der Waals surface area (Å²) in [4.78, 5) is 13.9. The van der Waals surface area contributed by atoms with E-state index in [1.165, 1.54) is 0 Å². The van der Waals surface area contributed by atoms with Gasteiger partial charge in [0.2, 0.25) is 0 Å². The van der Waals surface area contributed by atoms with Gasteiger partial charge in [0.25, 0.3) is 0 Å². The van der Waals surface area contributed by atoms with Crippen LogP contribution in [0.1, 0.15) is 47.0 Å². The van der Waals surface area contributed by atoms with E-state index < -0.39 is 5.60 Å². The van der Waals surface area contributed by atoms with Gasteiger partial charge in [0, 0.05) is 6.04 Å². The first-order valence-corrected chi connectivity index (χ1v) is 6.52. The molecule has 1 fully saturated rings. The molecule has 0 aromatic rings. The van der Waals surface area contributed by atoms with Crippen molar-refractivity contribution in [1.82, 2.24) is 4.90 Å². The molecule has 0 aliphatic carbocycles. The fourth-order valence-corrected chi connectivity index (χ4v) is 2.47. The van der Waals surface area contributed by atoms with Gasteiger partial charge in [-0.05, 0) is 46.6 Å². The Morgan fingerprint density at radius 2 is 2.24 bits per heavy atom. The second kappa shape index (κ2) is 5.83. The number of rotatable bonds is 5. The van der Waals surface area contributed by atoms with E-state index in [9.17, 15) is 9.90 Å². The van der Waals surface area contributed by atoms with Crippen molar-refractivity contribution in [1.29, 1.82) is 0 Å². The van der Waals surface area contributed by atoms with E-state index in [1.807, 2.05) is 13.8 Å². The summed E-state index contributed by atoms with van der Waals surface area (Å²) in [5.74, 6) is -0.178. The molecule has 1 aliphatic rings. The van der Waals surface area contributed by atoms with E-state index in [0.29, 0.717) is 6.61 Å². The van der Waals surface area contributed by atoms with E-state index in [1.54, 1.807) is 13.8 Å². The molecule has 17 heavy (non-hydrogen) atoms. The summed E-state index contributed by atoms with van der Waals surface area (Å²) in [7, 11) is 0. The lowest BCUT2D eigenvalue weighted by Gasteiger charge is -2.36. The molecular weight excluding hydrogens is 218 g/mol. The van der Waals surface area contributed by atoms with Crippen molar-refractivity contribution in [2.75, 3.05) is 13.2 Å². The minimum absolute atomic E-state index is 0.0478. The molecule has 0 bridgehead atoms. The van der Waals surface area contributed by atoms with Gasteiger partial charge >= 0.3 is 5.97 Å². The summed E-state index contributed by atoms with van der Waals surface area (Å²) in [5.41, 5.74) is -0.768. The van der Waals surface area contributed by atoms with Crippen LogP contribution >= 0.6 is 0 Å². The summed E-state index contributed by atoms with van der Waals surface area (Å²) in [6.07, 6.45) is 2.81. The topological polar surface area (TPSA) is 49.8 Å². The number of likely N-dealkylation sites (tertiary alicyclic amines) is 1. The van der Waals surface area contributed by atoms with Crippen LogP contribution in [0.5, 0.6) is 0 Å². The minimum Gasteiger partial charge on any atom is -0.465 e. The van der Waals surface area contributed by atoms with E-state index >= 15 is 0 Å². The molecule has 0 aromatic carbocycles. The Labute approximate surface area is 104 Å². The second-order valence-corrected chi connectivity index (χ2v) is 5.39. The summed E-state index contributed by atoms with van der Waals surface area (Å²) in [6, 6.07) is -0.216. The highest BCUT2D eigenvalue weighted by atomic mass is 16.5. The third kappa shape index (κ3) is 3.68. The Kier molecular flexibility index (Phi) is 4.95. The summed E-state index contributed by atoms with van der Waals surface area (Å²) in [5, 5.41) is 10.1. The van der Waals surface area contributed by atoms with Crippen LogP contribution in [0.4, 0.5) is 0 Å². The predicted molar refractivity (Wildman–Crippen MR) is 66.7 cm³/mol. The number of hydrogen-bond donors (Lipinski definition) is 1. The summed E-state index contributed by atoms with van der Waals surface area (Å²) in [6.45, 7) is 8.79. The zero-order valence-corrected chi connectivity index (χ0v) is 11.4. The number of carbonyl (C=O) groups is 1. The highest BCUT2D eigenvalue weighted by Crippen LogP contribution is 2.28. The van der Waals surface area contributed by atoms with Crippen molar-refractivity contribution in [2.45, 2.75) is 64.6 Å². The van der Waals surface area contributed by atoms with E-state index in [2.05, 4.69) is 4.90 Å². The van der Waals surface area contributed by atoms with Crippen LogP contribution in [0, 0.1) is 0 Å². The Balaban J connectivity index is 2.61. The molecule has 1 aliphatic heterocycles. The van der Waals surface area contributed by atoms with Crippen molar-refractivity contribution in [3.63, 3.8) is 0 Å². The second-order valence-electron chi connectivity index (χ2n) is 5.39. The smallest absolute Gasteiger partial charge is 0.323 e. The molecule has 1 heterocycles. The van der Waals surface area contributed by atoms with Crippen LogP contribution < -0.4 is 0 Å². The van der Waals surface area contributed by atoms with Gasteiger partial charge < -0.3 is 9.84 Å². The largest absolute Gasteiger partial charge is 0.465 e. The number of carbonyl (C=O) groups excluding carboxylic acids is 1. The van der Waals surface area contributed by atoms with Gasteiger partial charge in [-0.25, -0.2) is 0 Å². The van der Waals surface area contributed by atoms with E-state index in [0.717, 1.165) is 25.8 Å². The molecule has 1 rings (SSSR count). The molecule has 0 aromatic heterocycles. The SMILES string of the molecule is CCCOC(=O)C(C)N1CCCC1C(C)(C)O. The van der Waals surface area contributed by atoms with Crippen LogP contribution in [-0.2, 0) is 9.53 Å². The van der Waals surface area contributed by atoms with Crippen molar-refractivity contribution in [2.24, 2.45) is 0 Å². The highest BCUT2D eigenvalue weighted by Gasteiger charge is 2.40. The molecule has 1 saturated heterocycles. The first kappa shape index (κ1) is 14.5. The van der Waals surface area contributed by atoms with Crippen molar-refractivity contribution in [3.8, 4) is 0 Å². The maximum atomic E-state index is 11.8. The molecule has 0 radical (unpaired) electrons. The van der Waals surface area contributed by atoms with Crippen LogP contribution in [-0.4, -0.2) is 46.8 Å². The van der Waals surface area contributed by atoms with Gasteiger partial charge in [0.15, 0.2) is 0 Å². The van der Waals surface area contributed by atoms with Crippen molar-refractivity contribution < 1.29 is 14.6 Å². The Morgan fingerprint density at radius 3 is 2.76 bits per heavy atom. The molecule has 2 atom stereocenters. The van der Waals surface area contributed by atoms with Crippen LogP contribution in [0.2, 0.25) is 0 Å². The van der Waals surface area contributed by atoms with Crippen molar-refractivity contribution in [3.05, 3.63) is 0 Å². The Bertz CT molecular complexity index is 260.